The molecule has 1 aromatic carbocycles. The Kier molecular flexibility index (Phi) is 4.09. The van der Waals surface area contributed by atoms with Gasteiger partial charge in [0.05, 0.1) is 7.11 Å². The van der Waals surface area contributed by atoms with Crippen LogP contribution in [0.4, 0.5) is 0 Å². The number of unbranched alkanes of at least 4 members (excludes halogenated alkanes) is 1. The van der Waals surface area contributed by atoms with Gasteiger partial charge in [0, 0.05) is 23.6 Å². The molecule has 0 amide bonds. The largest absolute Gasteiger partial charge is 0.497 e. The molecule has 0 spiro atoms. The number of fused-ring (bicyclic) bond motifs is 1. The first-order valence-electron chi connectivity index (χ1n) is 5.54. The molecule has 0 bridgehead atoms. The van der Waals surface area contributed by atoms with Crippen molar-refractivity contribution in [3.8, 4) is 5.75 Å². The van der Waals surface area contributed by atoms with Gasteiger partial charge in [0.1, 0.15) is 5.75 Å². The van der Waals surface area contributed by atoms with Gasteiger partial charge in [0.25, 0.3) is 0 Å². The van der Waals surface area contributed by atoms with Gasteiger partial charge in [-0.05, 0) is 41.5 Å². The second-order valence-corrected chi connectivity index (χ2v) is 4.91. The smallest absolute Gasteiger partial charge is 0.119 e. The number of aryl methyl sites for hydroxylation is 1. The minimum absolute atomic E-state index is 0.928. The fraction of sp³-hybridized carbons (Fsp3) is 0.385. The molecule has 86 valence electrons. The van der Waals surface area contributed by atoms with E-state index in [4.69, 9.17) is 4.74 Å². The van der Waals surface area contributed by atoms with Gasteiger partial charge in [-0.2, -0.15) is 0 Å². The summed E-state index contributed by atoms with van der Waals surface area (Å²) >= 11 is 2.43. The summed E-state index contributed by atoms with van der Waals surface area (Å²) in [4.78, 5) is 0. The maximum Gasteiger partial charge on any atom is 0.119 e. The van der Waals surface area contributed by atoms with Gasteiger partial charge in [0.2, 0.25) is 0 Å². The quantitative estimate of drug-likeness (QED) is 0.461. The van der Waals surface area contributed by atoms with E-state index in [1.54, 1.807) is 7.11 Å². The molecule has 3 heteroatoms. The molecule has 0 N–H and O–H groups in total. The van der Waals surface area contributed by atoms with E-state index in [0.717, 1.165) is 12.3 Å². The fourth-order valence-corrected chi connectivity index (χ4v) is 2.42. The van der Waals surface area contributed by atoms with Crippen LogP contribution in [0.15, 0.2) is 30.5 Å². The molecule has 2 rings (SSSR count). The van der Waals surface area contributed by atoms with Crippen LogP contribution in [0.3, 0.4) is 0 Å². The molecule has 0 unspecified atom stereocenters. The molecule has 0 aliphatic carbocycles. The van der Waals surface area contributed by atoms with Crippen molar-refractivity contribution >= 4 is 33.5 Å². The Morgan fingerprint density at radius 1 is 1.25 bits per heavy atom. The van der Waals surface area contributed by atoms with Crippen molar-refractivity contribution in [2.24, 2.45) is 0 Å². The number of benzene rings is 1. The lowest BCUT2D eigenvalue weighted by atomic mass is 10.2. The number of hydrogen-bond acceptors (Lipinski definition) is 1. The van der Waals surface area contributed by atoms with Gasteiger partial charge in [-0.25, -0.2) is 0 Å². The first-order valence-corrected chi connectivity index (χ1v) is 7.06. The van der Waals surface area contributed by atoms with Crippen LogP contribution in [-0.2, 0) is 6.54 Å². The lowest BCUT2D eigenvalue weighted by Crippen LogP contribution is -1.96. The number of ether oxygens (including phenoxy) is 1. The molecule has 2 nitrogen and oxygen atoms in total. The van der Waals surface area contributed by atoms with Crippen molar-refractivity contribution in [3.63, 3.8) is 0 Å². The van der Waals surface area contributed by atoms with Crippen molar-refractivity contribution < 1.29 is 4.74 Å². The van der Waals surface area contributed by atoms with Gasteiger partial charge in [0.15, 0.2) is 0 Å². The zero-order chi connectivity index (χ0) is 11.4. The van der Waals surface area contributed by atoms with Gasteiger partial charge in [-0.1, -0.05) is 22.6 Å². The average molecular weight is 329 g/mol. The Labute approximate surface area is 110 Å². The van der Waals surface area contributed by atoms with E-state index in [0.29, 0.717) is 0 Å². The lowest BCUT2D eigenvalue weighted by molar-refractivity contribution is 0.415. The normalized spacial score (nSPS) is 10.9. The Morgan fingerprint density at radius 2 is 2.12 bits per heavy atom. The van der Waals surface area contributed by atoms with Crippen molar-refractivity contribution in [1.29, 1.82) is 0 Å². The lowest BCUT2D eigenvalue weighted by Gasteiger charge is -2.05. The number of methoxy groups -OCH3 is 1. The minimum atomic E-state index is 0.928. The summed E-state index contributed by atoms with van der Waals surface area (Å²) in [5.41, 5.74) is 1.30. The van der Waals surface area contributed by atoms with Crippen LogP contribution >= 0.6 is 22.6 Å². The topological polar surface area (TPSA) is 14.2 Å². The van der Waals surface area contributed by atoms with E-state index in [9.17, 15) is 0 Å². The third-order valence-corrected chi connectivity index (χ3v) is 3.52. The second-order valence-electron chi connectivity index (χ2n) is 3.83. The van der Waals surface area contributed by atoms with Crippen LogP contribution in [0.1, 0.15) is 12.8 Å². The molecular weight excluding hydrogens is 313 g/mol. The van der Waals surface area contributed by atoms with Crippen LogP contribution < -0.4 is 4.74 Å². The van der Waals surface area contributed by atoms with E-state index in [1.807, 2.05) is 6.07 Å². The standard InChI is InChI=1S/C13H16INO/c1-16-12-4-5-13-11(10-12)6-9-15(13)8-3-2-7-14/h4-6,9-10H,2-3,7-8H2,1H3. The van der Waals surface area contributed by atoms with Gasteiger partial charge in [-0.15, -0.1) is 0 Å². The highest BCUT2D eigenvalue weighted by Crippen LogP contribution is 2.22. The molecule has 0 aliphatic heterocycles. The zero-order valence-corrected chi connectivity index (χ0v) is 11.6. The third kappa shape index (κ3) is 2.51. The van der Waals surface area contributed by atoms with Gasteiger partial charge >= 0.3 is 0 Å². The SMILES string of the molecule is COc1ccc2c(ccn2CCCCI)c1. The first-order chi connectivity index (χ1) is 7.85. The van der Waals surface area contributed by atoms with Crippen molar-refractivity contribution in [2.45, 2.75) is 19.4 Å². The highest BCUT2D eigenvalue weighted by Gasteiger charge is 2.01. The molecule has 2 aromatic rings. The maximum atomic E-state index is 5.22. The van der Waals surface area contributed by atoms with E-state index in [-0.39, 0.29) is 0 Å². The van der Waals surface area contributed by atoms with Crippen molar-refractivity contribution in [2.75, 3.05) is 11.5 Å². The van der Waals surface area contributed by atoms with Crippen LogP contribution in [-0.4, -0.2) is 16.1 Å². The summed E-state index contributed by atoms with van der Waals surface area (Å²) in [6, 6.07) is 8.40. The molecule has 1 heterocycles. The van der Waals surface area contributed by atoms with Crippen LogP contribution in [0, 0.1) is 0 Å². The average Bonchev–Trinajstić information content (AvgIpc) is 2.72. The predicted octanol–water partition coefficient (Wildman–Crippen LogP) is 3.87. The van der Waals surface area contributed by atoms with E-state index in [2.05, 4.69) is 51.6 Å². The predicted molar refractivity (Wildman–Crippen MR) is 76.6 cm³/mol. The number of rotatable bonds is 5. The molecule has 1 aromatic heterocycles. The van der Waals surface area contributed by atoms with E-state index >= 15 is 0 Å². The van der Waals surface area contributed by atoms with E-state index in [1.165, 1.54) is 28.2 Å². The third-order valence-electron chi connectivity index (χ3n) is 2.76. The summed E-state index contributed by atoms with van der Waals surface area (Å²) in [6.45, 7) is 1.11. The van der Waals surface area contributed by atoms with E-state index < -0.39 is 0 Å². The zero-order valence-electron chi connectivity index (χ0n) is 9.45. The molecule has 0 saturated heterocycles. The summed E-state index contributed by atoms with van der Waals surface area (Å²) in [5.74, 6) is 0.928. The number of nitrogens with zero attached hydrogens (tertiary/aromatic N) is 1. The van der Waals surface area contributed by atoms with Crippen LogP contribution in [0.5, 0.6) is 5.75 Å². The summed E-state index contributed by atoms with van der Waals surface area (Å²) < 4.78 is 8.78. The monoisotopic (exact) mass is 329 g/mol. The number of halogens is 1. The van der Waals surface area contributed by atoms with Gasteiger partial charge in [-0.3, -0.25) is 0 Å². The summed E-state index contributed by atoms with van der Waals surface area (Å²) in [7, 11) is 1.71. The molecule has 0 fully saturated rings. The number of hydrogen-bond donors (Lipinski definition) is 0. The highest BCUT2D eigenvalue weighted by atomic mass is 127. The molecule has 16 heavy (non-hydrogen) atoms. The first kappa shape index (κ1) is 11.8. The highest BCUT2D eigenvalue weighted by molar-refractivity contribution is 14.1. The van der Waals surface area contributed by atoms with Crippen molar-refractivity contribution in [3.05, 3.63) is 30.5 Å². The Hall–Kier alpha value is -0.710. The van der Waals surface area contributed by atoms with Crippen LogP contribution in [0.25, 0.3) is 10.9 Å². The maximum absolute atomic E-state index is 5.22. The molecular formula is C13H16INO. The Morgan fingerprint density at radius 3 is 2.88 bits per heavy atom. The number of alkyl halides is 1. The summed E-state index contributed by atoms with van der Waals surface area (Å²) in [5, 5.41) is 1.26. The number of aromatic nitrogens is 1. The second kappa shape index (κ2) is 5.57. The van der Waals surface area contributed by atoms with Crippen LogP contribution in [0.2, 0.25) is 0 Å². The fourth-order valence-electron chi connectivity index (χ4n) is 1.88. The minimum Gasteiger partial charge on any atom is -0.497 e. The van der Waals surface area contributed by atoms with Crippen molar-refractivity contribution in [1.82, 2.24) is 4.57 Å². The Bertz CT molecular complexity index is 464. The molecule has 0 saturated carbocycles. The Balaban J connectivity index is 2.20. The van der Waals surface area contributed by atoms with Gasteiger partial charge < -0.3 is 9.30 Å². The molecule has 0 radical (unpaired) electrons. The molecule has 0 aliphatic rings. The molecule has 0 atom stereocenters. The summed E-state index contributed by atoms with van der Waals surface area (Å²) in [6.07, 6.45) is 4.70.